The summed E-state index contributed by atoms with van der Waals surface area (Å²) in [4.78, 5) is 10.5. The Bertz CT molecular complexity index is 510. The summed E-state index contributed by atoms with van der Waals surface area (Å²) < 4.78 is 8.95. The van der Waals surface area contributed by atoms with Crippen molar-refractivity contribution in [3.63, 3.8) is 0 Å². The molecule has 16 heavy (non-hydrogen) atoms. The average Bonchev–Trinajstić information content (AvgIpc) is 2.72. The number of hydrogen-bond donors (Lipinski definition) is 0. The van der Waals surface area contributed by atoms with Crippen LogP contribution in [0, 0.1) is 0 Å². The topological polar surface area (TPSA) is 56.2 Å². The Morgan fingerprint density at radius 3 is 2.75 bits per heavy atom. The van der Waals surface area contributed by atoms with Crippen molar-refractivity contribution in [2.24, 2.45) is 0 Å². The Kier molecular flexibility index (Phi) is 3.33. The van der Waals surface area contributed by atoms with E-state index in [0.29, 0.717) is 12.3 Å². The van der Waals surface area contributed by atoms with Gasteiger partial charge < -0.3 is 4.42 Å². The third-order valence-corrected chi connectivity index (χ3v) is 2.06. The van der Waals surface area contributed by atoms with Crippen LogP contribution in [0.4, 0.5) is 0 Å². The summed E-state index contributed by atoms with van der Waals surface area (Å²) in [5.74, 6) is -0.412. The number of benzene rings is 1. The first kappa shape index (κ1) is 10.4. The minimum Gasteiger partial charge on any atom is -0.375 e. The molecule has 4 heteroatoms. The van der Waals surface area contributed by atoms with Crippen molar-refractivity contribution >= 4 is 6.08 Å². The lowest BCUT2D eigenvalue weighted by Crippen LogP contribution is -1.87. The molecule has 0 amide bonds. The second-order valence-corrected chi connectivity index (χ2v) is 3.28. The summed E-state index contributed by atoms with van der Waals surface area (Å²) in [6.07, 6.45) is 5.33. The van der Waals surface area contributed by atoms with Crippen molar-refractivity contribution in [3.8, 4) is 0 Å². The van der Waals surface area contributed by atoms with Crippen molar-refractivity contribution < 1.29 is 8.94 Å². The van der Waals surface area contributed by atoms with E-state index >= 15 is 0 Å². The largest absolute Gasteiger partial charge is 0.542 e. The molecule has 0 fully saturated rings. The highest BCUT2D eigenvalue weighted by Gasteiger charge is 2.00. The number of nitrogens with zero attached hydrogens (tertiary/aromatic N) is 1. The standard InChI is InChI=1S/C12H11NO3/c14-12-15-11(13-16-12)9-5-4-8-10-6-2-1-3-7-10/h1-4,6-8H,5,9H2/b8-4+. The van der Waals surface area contributed by atoms with Gasteiger partial charge in [-0.15, -0.1) is 0 Å². The van der Waals surface area contributed by atoms with E-state index in [-0.39, 0.29) is 0 Å². The minimum absolute atomic E-state index is 0.336. The smallest absolute Gasteiger partial charge is 0.375 e. The zero-order chi connectivity index (χ0) is 11.2. The highest BCUT2D eigenvalue weighted by Crippen LogP contribution is 2.03. The number of rotatable bonds is 4. The van der Waals surface area contributed by atoms with Crippen molar-refractivity contribution in [2.45, 2.75) is 12.8 Å². The summed E-state index contributed by atoms with van der Waals surface area (Å²) in [7, 11) is 0. The van der Waals surface area contributed by atoms with Gasteiger partial charge in [0.25, 0.3) is 0 Å². The van der Waals surface area contributed by atoms with E-state index in [0.717, 1.165) is 12.0 Å². The Hall–Kier alpha value is -2.10. The fourth-order valence-electron chi connectivity index (χ4n) is 1.31. The van der Waals surface area contributed by atoms with Crippen molar-refractivity contribution in [2.75, 3.05) is 0 Å². The number of allylic oxidation sites excluding steroid dienone is 1. The molecular formula is C12H11NO3. The fraction of sp³-hybridized carbons (Fsp3) is 0.167. The van der Waals surface area contributed by atoms with Crippen LogP contribution >= 0.6 is 0 Å². The summed E-state index contributed by atoms with van der Waals surface area (Å²) in [6.45, 7) is 0. The van der Waals surface area contributed by atoms with E-state index in [1.54, 1.807) is 0 Å². The molecule has 1 aromatic carbocycles. The molecule has 4 nitrogen and oxygen atoms in total. The maximum absolute atomic E-state index is 10.5. The molecule has 0 radical (unpaired) electrons. The maximum atomic E-state index is 10.5. The Morgan fingerprint density at radius 1 is 1.25 bits per heavy atom. The van der Waals surface area contributed by atoms with Gasteiger partial charge in [-0.3, -0.25) is 4.52 Å². The molecule has 0 aliphatic carbocycles. The van der Waals surface area contributed by atoms with Crippen LogP contribution in [0.2, 0.25) is 0 Å². The van der Waals surface area contributed by atoms with Crippen LogP contribution < -0.4 is 5.82 Å². The Balaban J connectivity index is 1.84. The van der Waals surface area contributed by atoms with E-state index in [1.165, 1.54) is 0 Å². The summed E-state index contributed by atoms with van der Waals surface area (Å²) >= 11 is 0. The Morgan fingerprint density at radius 2 is 2.06 bits per heavy atom. The summed E-state index contributed by atoms with van der Waals surface area (Å²) in [5.41, 5.74) is 1.14. The predicted molar refractivity (Wildman–Crippen MR) is 58.8 cm³/mol. The van der Waals surface area contributed by atoms with E-state index in [4.69, 9.17) is 0 Å². The quantitative estimate of drug-likeness (QED) is 0.788. The normalized spacial score (nSPS) is 11.0. The molecule has 0 aliphatic rings. The molecule has 0 saturated heterocycles. The summed E-state index contributed by atoms with van der Waals surface area (Å²) in [6, 6.07) is 9.98. The SMILES string of the molecule is O=c1onc(CC/C=C/c2ccccc2)o1. The molecule has 2 rings (SSSR count). The highest BCUT2D eigenvalue weighted by atomic mass is 16.6. The van der Waals surface area contributed by atoms with Crippen molar-refractivity contribution in [1.82, 2.24) is 5.16 Å². The second kappa shape index (κ2) is 5.11. The predicted octanol–water partition coefficient (Wildman–Crippen LogP) is 2.27. The van der Waals surface area contributed by atoms with Crippen LogP contribution in [-0.2, 0) is 6.42 Å². The average molecular weight is 217 g/mol. The molecule has 0 unspecified atom stereocenters. The molecule has 0 saturated carbocycles. The van der Waals surface area contributed by atoms with Crippen molar-refractivity contribution in [1.29, 1.82) is 0 Å². The van der Waals surface area contributed by atoms with Crippen LogP contribution in [0.1, 0.15) is 17.9 Å². The van der Waals surface area contributed by atoms with Crippen LogP contribution in [-0.4, -0.2) is 5.16 Å². The number of hydrogen-bond acceptors (Lipinski definition) is 4. The first-order chi connectivity index (χ1) is 7.84. The van der Waals surface area contributed by atoms with Gasteiger partial charge in [-0.25, -0.2) is 4.79 Å². The van der Waals surface area contributed by atoms with Gasteiger partial charge in [0.15, 0.2) is 0 Å². The molecule has 1 heterocycles. The van der Waals surface area contributed by atoms with Gasteiger partial charge in [0.1, 0.15) is 0 Å². The number of aryl methyl sites for hydroxylation is 1. The third kappa shape index (κ3) is 2.95. The highest BCUT2D eigenvalue weighted by molar-refractivity contribution is 5.48. The first-order valence-electron chi connectivity index (χ1n) is 5.02. The molecule has 82 valence electrons. The van der Waals surface area contributed by atoms with Crippen LogP contribution in [0.5, 0.6) is 0 Å². The van der Waals surface area contributed by atoms with E-state index in [2.05, 4.69) is 14.1 Å². The number of aromatic nitrogens is 1. The van der Waals surface area contributed by atoms with E-state index in [1.807, 2.05) is 42.5 Å². The lowest BCUT2D eigenvalue weighted by atomic mass is 10.2. The fourth-order valence-corrected chi connectivity index (χ4v) is 1.31. The third-order valence-electron chi connectivity index (χ3n) is 2.06. The van der Waals surface area contributed by atoms with E-state index in [9.17, 15) is 4.79 Å². The lowest BCUT2D eigenvalue weighted by Gasteiger charge is -1.90. The monoisotopic (exact) mass is 217 g/mol. The van der Waals surface area contributed by atoms with Gasteiger partial charge in [0.2, 0.25) is 5.89 Å². The van der Waals surface area contributed by atoms with Gasteiger partial charge in [-0.2, -0.15) is 0 Å². The maximum Gasteiger partial charge on any atom is 0.542 e. The summed E-state index contributed by atoms with van der Waals surface area (Å²) in [5, 5.41) is 3.47. The van der Waals surface area contributed by atoms with Crippen LogP contribution in [0.15, 0.2) is 50.1 Å². The van der Waals surface area contributed by atoms with Gasteiger partial charge in [-0.05, 0) is 17.1 Å². The van der Waals surface area contributed by atoms with Gasteiger partial charge >= 0.3 is 5.82 Å². The first-order valence-corrected chi connectivity index (χ1v) is 5.02. The molecule has 2 aromatic rings. The minimum atomic E-state index is -0.748. The molecule has 0 N–H and O–H groups in total. The van der Waals surface area contributed by atoms with Gasteiger partial charge in [0.05, 0.1) is 0 Å². The van der Waals surface area contributed by atoms with Gasteiger partial charge in [0, 0.05) is 6.42 Å². The molecule has 1 aromatic heterocycles. The second-order valence-electron chi connectivity index (χ2n) is 3.28. The Labute approximate surface area is 92.2 Å². The molecular weight excluding hydrogens is 206 g/mol. The zero-order valence-corrected chi connectivity index (χ0v) is 8.63. The molecule has 0 aliphatic heterocycles. The zero-order valence-electron chi connectivity index (χ0n) is 8.63. The van der Waals surface area contributed by atoms with Crippen LogP contribution in [0.3, 0.4) is 0 Å². The lowest BCUT2D eigenvalue weighted by molar-refractivity contribution is 0.334. The molecule has 0 atom stereocenters. The van der Waals surface area contributed by atoms with Crippen LogP contribution in [0.25, 0.3) is 6.08 Å². The molecule has 0 spiro atoms. The van der Waals surface area contributed by atoms with Crippen molar-refractivity contribution in [3.05, 3.63) is 58.5 Å². The van der Waals surface area contributed by atoms with E-state index < -0.39 is 5.82 Å². The molecule has 0 bridgehead atoms. The van der Waals surface area contributed by atoms with Gasteiger partial charge in [-0.1, -0.05) is 42.5 Å².